The molecule has 1 saturated carbocycles. The highest BCUT2D eigenvalue weighted by molar-refractivity contribution is 5.77. The van der Waals surface area contributed by atoms with Crippen molar-refractivity contribution in [3.8, 4) is 0 Å². The van der Waals surface area contributed by atoms with Crippen LogP contribution in [0.5, 0.6) is 0 Å². The van der Waals surface area contributed by atoms with E-state index in [1.807, 2.05) is 6.92 Å². The maximum Gasteiger partial charge on any atom is 0.246 e. The summed E-state index contributed by atoms with van der Waals surface area (Å²) in [6.45, 7) is 2.95. The van der Waals surface area contributed by atoms with E-state index in [0.717, 1.165) is 32.1 Å². The van der Waals surface area contributed by atoms with Crippen LogP contribution in [0.25, 0.3) is 0 Å². The van der Waals surface area contributed by atoms with Crippen molar-refractivity contribution in [1.29, 1.82) is 0 Å². The minimum atomic E-state index is -0.0567. The zero-order valence-corrected chi connectivity index (χ0v) is 10.1. The Morgan fingerprint density at radius 2 is 2.19 bits per heavy atom. The average molecular weight is 229 g/mol. The van der Waals surface area contributed by atoms with E-state index in [-0.39, 0.29) is 31.1 Å². The molecule has 0 saturated heterocycles. The van der Waals surface area contributed by atoms with Gasteiger partial charge in [-0.1, -0.05) is 19.8 Å². The lowest BCUT2D eigenvalue weighted by molar-refractivity contribution is -0.127. The zero-order chi connectivity index (χ0) is 11.8. The summed E-state index contributed by atoms with van der Waals surface area (Å²) in [7, 11) is 0. The number of nitrogens with one attached hydrogen (secondary N) is 1. The Morgan fingerprint density at radius 1 is 1.44 bits per heavy atom. The first-order chi connectivity index (χ1) is 7.77. The monoisotopic (exact) mass is 229 g/mol. The number of carbonyl (C=O) groups excluding carboxylic acids is 1. The Balaban J connectivity index is 2.25. The van der Waals surface area contributed by atoms with Crippen molar-refractivity contribution in [3.63, 3.8) is 0 Å². The second kappa shape index (κ2) is 7.63. The lowest BCUT2D eigenvalue weighted by atomic mass is 9.85. The molecule has 2 N–H and O–H groups in total. The van der Waals surface area contributed by atoms with Gasteiger partial charge in [0.05, 0.1) is 0 Å². The van der Waals surface area contributed by atoms with Crippen LogP contribution >= 0.6 is 0 Å². The molecule has 1 aliphatic rings. The van der Waals surface area contributed by atoms with Crippen LogP contribution < -0.4 is 5.32 Å². The molecule has 0 radical (unpaired) electrons. The van der Waals surface area contributed by atoms with Crippen LogP contribution in [0.3, 0.4) is 0 Å². The summed E-state index contributed by atoms with van der Waals surface area (Å²) >= 11 is 0. The van der Waals surface area contributed by atoms with Crippen LogP contribution in [0, 0.1) is 5.92 Å². The molecule has 94 valence electrons. The first kappa shape index (κ1) is 13.5. The van der Waals surface area contributed by atoms with Gasteiger partial charge in [-0.05, 0) is 19.3 Å². The lowest BCUT2D eigenvalue weighted by Gasteiger charge is -2.30. The van der Waals surface area contributed by atoms with Crippen molar-refractivity contribution in [1.82, 2.24) is 5.32 Å². The van der Waals surface area contributed by atoms with Gasteiger partial charge in [-0.25, -0.2) is 0 Å². The molecular formula is C12H23NO3. The molecule has 2 unspecified atom stereocenters. The molecule has 0 aromatic rings. The number of rotatable bonds is 6. The largest absolute Gasteiger partial charge is 0.396 e. The fraction of sp³-hybridized carbons (Fsp3) is 0.917. The molecule has 4 nitrogen and oxygen atoms in total. The fourth-order valence-electron chi connectivity index (χ4n) is 2.17. The zero-order valence-electron chi connectivity index (χ0n) is 10.1. The number of amides is 1. The number of aliphatic hydroxyl groups excluding tert-OH is 1. The summed E-state index contributed by atoms with van der Waals surface area (Å²) in [5.41, 5.74) is 0. The van der Waals surface area contributed by atoms with E-state index in [9.17, 15) is 9.90 Å². The molecule has 16 heavy (non-hydrogen) atoms. The van der Waals surface area contributed by atoms with Crippen LogP contribution in [-0.2, 0) is 9.53 Å². The van der Waals surface area contributed by atoms with E-state index in [0.29, 0.717) is 6.61 Å². The van der Waals surface area contributed by atoms with E-state index in [1.54, 1.807) is 0 Å². The third kappa shape index (κ3) is 4.49. The molecule has 1 fully saturated rings. The van der Waals surface area contributed by atoms with Gasteiger partial charge < -0.3 is 15.2 Å². The number of carbonyl (C=O) groups is 1. The van der Waals surface area contributed by atoms with E-state index < -0.39 is 0 Å². The SMILES string of the molecule is CCCOCC(=O)NC1CCCCC1CO. The van der Waals surface area contributed by atoms with Gasteiger partial charge in [0.1, 0.15) is 6.61 Å². The smallest absolute Gasteiger partial charge is 0.246 e. The van der Waals surface area contributed by atoms with E-state index in [1.165, 1.54) is 0 Å². The molecule has 0 heterocycles. The number of hydrogen-bond acceptors (Lipinski definition) is 3. The highest BCUT2D eigenvalue weighted by Crippen LogP contribution is 2.23. The summed E-state index contributed by atoms with van der Waals surface area (Å²) in [4.78, 5) is 11.5. The highest BCUT2D eigenvalue weighted by atomic mass is 16.5. The van der Waals surface area contributed by atoms with Crippen LogP contribution in [0.4, 0.5) is 0 Å². The number of ether oxygens (including phenoxy) is 1. The van der Waals surface area contributed by atoms with Crippen LogP contribution in [-0.4, -0.2) is 36.9 Å². The van der Waals surface area contributed by atoms with Gasteiger partial charge in [0.25, 0.3) is 0 Å². The standard InChI is InChI=1S/C12H23NO3/c1-2-7-16-9-12(15)13-11-6-4-3-5-10(11)8-14/h10-11,14H,2-9H2,1H3,(H,13,15). The summed E-state index contributed by atoms with van der Waals surface area (Å²) < 4.78 is 5.18. The predicted octanol–water partition coefficient (Wildman–Crippen LogP) is 1.08. The van der Waals surface area contributed by atoms with Crippen molar-refractivity contribution in [2.75, 3.05) is 19.8 Å². The molecule has 1 rings (SSSR count). The first-order valence-corrected chi connectivity index (χ1v) is 6.26. The third-order valence-electron chi connectivity index (χ3n) is 3.07. The van der Waals surface area contributed by atoms with Crippen LogP contribution in [0.15, 0.2) is 0 Å². The molecule has 1 aliphatic carbocycles. The van der Waals surface area contributed by atoms with Crippen LogP contribution in [0.1, 0.15) is 39.0 Å². The molecule has 0 bridgehead atoms. The van der Waals surface area contributed by atoms with Gasteiger partial charge in [-0.3, -0.25) is 4.79 Å². The molecule has 1 amide bonds. The van der Waals surface area contributed by atoms with E-state index >= 15 is 0 Å². The first-order valence-electron chi connectivity index (χ1n) is 6.26. The molecule has 0 aliphatic heterocycles. The predicted molar refractivity (Wildman–Crippen MR) is 62.1 cm³/mol. The quantitative estimate of drug-likeness (QED) is 0.670. The summed E-state index contributed by atoms with van der Waals surface area (Å²) in [5, 5.41) is 12.2. The van der Waals surface area contributed by atoms with Crippen molar-refractivity contribution < 1.29 is 14.6 Å². The van der Waals surface area contributed by atoms with Gasteiger partial charge >= 0.3 is 0 Å². The molecule has 2 atom stereocenters. The Morgan fingerprint density at radius 3 is 2.88 bits per heavy atom. The van der Waals surface area contributed by atoms with Crippen molar-refractivity contribution >= 4 is 5.91 Å². The van der Waals surface area contributed by atoms with Crippen molar-refractivity contribution in [2.45, 2.75) is 45.1 Å². The second-order valence-corrected chi connectivity index (χ2v) is 4.45. The second-order valence-electron chi connectivity index (χ2n) is 4.45. The van der Waals surface area contributed by atoms with E-state index in [2.05, 4.69) is 5.32 Å². The molecule has 0 aromatic carbocycles. The normalized spacial score (nSPS) is 25.4. The Bertz CT molecular complexity index is 208. The minimum absolute atomic E-state index is 0.0567. The third-order valence-corrected chi connectivity index (χ3v) is 3.07. The Hall–Kier alpha value is -0.610. The lowest BCUT2D eigenvalue weighted by Crippen LogP contribution is -2.44. The minimum Gasteiger partial charge on any atom is -0.396 e. The average Bonchev–Trinajstić information content (AvgIpc) is 2.30. The van der Waals surface area contributed by atoms with E-state index in [4.69, 9.17) is 4.74 Å². The van der Waals surface area contributed by atoms with Gasteiger partial charge in [0.2, 0.25) is 5.91 Å². The topological polar surface area (TPSA) is 58.6 Å². The molecule has 4 heteroatoms. The summed E-state index contributed by atoms with van der Waals surface area (Å²) in [6, 6.07) is 0.136. The maximum atomic E-state index is 11.5. The number of hydrogen-bond donors (Lipinski definition) is 2. The Labute approximate surface area is 97.4 Å². The molecular weight excluding hydrogens is 206 g/mol. The van der Waals surface area contributed by atoms with Crippen molar-refractivity contribution in [2.24, 2.45) is 5.92 Å². The Kier molecular flexibility index (Phi) is 6.42. The van der Waals surface area contributed by atoms with Gasteiger partial charge in [-0.15, -0.1) is 0 Å². The summed E-state index contributed by atoms with van der Waals surface area (Å²) in [5.74, 6) is 0.169. The van der Waals surface area contributed by atoms with Crippen molar-refractivity contribution in [3.05, 3.63) is 0 Å². The highest BCUT2D eigenvalue weighted by Gasteiger charge is 2.25. The molecule has 0 spiro atoms. The van der Waals surface area contributed by atoms with Crippen LogP contribution in [0.2, 0.25) is 0 Å². The maximum absolute atomic E-state index is 11.5. The molecule has 0 aromatic heterocycles. The van der Waals surface area contributed by atoms with Gasteiger partial charge in [0, 0.05) is 25.2 Å². The fourth-order valence-corrected chi connectivity index (χ4v) is 2.17. The number of aliphatic hydroxyl groups is 1. The summed E-state index contributed by atoms with van der Waals surface area (Å²) in [6.07, 6.45) is 5.21. The van der Waals surface area contributed by atoms with Gasteiger partial charge in [0.15, 0.2) is 0 Å². The van der Waals surface area contributed by atoms with Gasteiger partial charge in [-0.2, -0.15) is 0 Å².